The van der Waals surface area contributed by atoms with Crippen molar-refractivity contribution in [2.75, 3.05) is 32.6 Å². The minimum Gasteiger partial charge on any atom is -0.383 e. The molecule has 3 nitrogen and oxygen atoms in total. The van der Waals surface area contributed by atoms with Crippen LogP contribution in [0.5, 0.6) is 0 Å². The van der Waals surface area contributed by atoms with Crippen LogP contribution in [0.4, 0.5) is 0 Å². The van der Waals surface area contributed by atoms with E-state index in [1.807, 2.05) is 17.8 Å². The van der Waals surface area contributed by atoms with E-state index in [0.29, 0.717) is 0 Å². The summed E-state index contributed by atoms with van der Waals surface area (Å²) >= 11 is 3.57. The molecule has 17 heavy (non-hydrogen) atoms. The van der Waals surface area contributed by atoms with Gasteiger partial charge in [0.05, 0.1) is 16.8 Å². The summed E-state index contributed by atoms with van der Waals surface area (Å²) in [6, 6.07) is 8.27. The number of benzene rings is 1. The number of ether oxygens (including phenoxy) is 1. The number of thioether (sulfide) groups is 1. The highest BCUT2D eigenvalue weighted by atomic mass is 32.2. The van der Waals surface area contributed by atoms with E-state index in [4.69, 9.17) is 4.74 Å². The number of hydrogen-bond acceptors (Lipinski definition) is 5. The maximum absolute atomic E-state index is 4.97. The molecule has 1 aromatic carbocycles. The highest BCUT2D eigenvalue weighted by Crippen LogP contribution is 2.28. The first kappa shape index (κ1) is 12.8. The van der Waals surface area contributed by atoms with Gasteiger partial charge in [-0.3, -0.25) is 0 Å². The van der Waals surface area contributed by atoms with Gasteiger partial charge in [-0.2, -0.15) is 0 Å². The molecule has 0 aliphatic rings. The van der Waals surface area contributed by atoms with Crippen molar-refractivity contribution in [2.24, 2.45) is 0 Å². The van der Waals surface area contributed by atoms with Gasteiger partial charge in [0.25, 0.3) is 0 Å². The van der Waals surface area contributed by atoms with Gasteiger partial charge in [-0.25, -0.2) is 4.98 Å². The van der Waals surface area contributed by atoms with Crippen molar-refractivity contribution in [3.8, 4) is 0 Å². The Hall–Kier alpha value is -0.620. The van der Waals surface area contributed by atoms with Gasteiger partial charge in [0.15, 0.2) is 4.34 Å². The van der Waals surface area contributed by atoms with Gasteiger partial charge in [-0.05, 0) is 12.1 Å². The van der Waals surface area contributed by atoms with Crippen LogP contribution >= 0.6 is 23.1 Å². The van der Waals surface area contributed by atoms with Crippen LogP contribution < -0.4 is 5.32 Å². The third-order valence-corrected chi connectivity index (χ3v) is 4.44. The van der Waals surface area contributed by atoms with Crippen LogP contribution in [0.1, 0.15) is 0 Å². The first-order valence-corrected chi connectivity index (χ1v) is 7.38. The standard InChI is InChI=1S/C12H16N2OS2/c1-15-8-6-13-7-9-16-12-14-10-4-2-3-5-11(10)17-12/h2-5,13H,6-9H2,1H3. The molecule has 0 amide bonds. The van der Waals surface area contributed by atoms with E-state index in [-0.39, 0.29) is 0 Å². The van der Waals surface area contributed by atoms with Crippen LogP contribution in [0.15, 0.2) is 28.6 Å². The van der Waals surface area contributed by atoms with Gasteiger partial charge >= 0.3 is 0 Å². The lowest BCUT2D eigenvalue weighted by Gasteiger charge is -2.01. The van der Waals surface area contributed by atoms with E-state index in [2.05, 4.69) is 28.5 Å². The van der Waals surface area contributed by atoms with Gasteiger partial charge in [0, 0.05) is 26.0 Å². The topological polar surface area (TPSA) is 34.1 Å². The molecule has 0 aliphatic carbocycles. The lowest BCUT2D eigenvalue weighted by Crippen LogP contribution is -2.21. The third-order valence-electron chi connectivity index (χ3n) is 2.26. The van der Waals surface area contributed by atoms with Crippen LogP contribution in [0.3, 0.4) is 0 Å². The Kier molecular flexibility index (Phi) is 5.25. The van der Waals surface area contributed by atoms with E-state index >= 15 is 0 Å². The fourth-order valence-electron chi connectivity index (χ4n) is 1.42. The zero-order valence-electron chi connectivity index (χ0n) is 9.81. The summed E-state index contributed by atoms with van der Waals surface area (Å²) in [7, 11) is 1.72. The quantitative estimate of drug-likeness (QED) is 0.618. The number of nitrogens with zero attached hydrogens (tertiary/aromatic N) is 1. The summed E-state index contributed by atoms with van der Waals surface area (Å²) in [5.41, 5.74) is 1.10. The molecule has 0 bridgehead atoms. The van der Waals surface area contributed by atoms with Gasteiger partial charge in [0.2, 0.25) is 0 Å². The molecule has 92 valence electrons. The maximum Gasteiger partial charge on any atom is 0.151 e. The molecule has 0 radical (unpaired) electrons. The second kappa shape index (κ2) is 6.96. The Labute approximate surface area is 110 Å². The molecule has 0 spiro atoms. The molecule has 0 unspecified atom stereocenters. The number of rotatable bonds is 7. The van der Waals surface area contributed by atoms with E-state index in [9.17, 15) is 0 Å². The predicted octanol–water partition coefficient (Wildman–Crippen LogP) is 2.62. The Bertz CT molecular complexity index is 425. The molecule has 0 saturated carbocycles. The van der Waals surface area contributed by atoms with Gasteiger partial charge in [-0.15, -0.1) is 11.3 Å². The van der Waals surface area contributed by atoms with E-state index < -0.39 is 0 Å². The zero-order valence-corrected chi connectivity index (χ0v) is 11.4. The van der Waals surface area contributed by atoms with E-state index in [1.165, 1.54) is 4.70 Å². The molecule has 2 rings (SSSR count). The number of thiazole rings is 1. The Morgan fingerprint density at radius 1 is 1.35 bits per heavy atom. The highest BCUT2D eigenvalue weighted by Gasteiger charge is 2.02. The molecule has 0 fully saturated rings. The Balaban J connectivity index is 1.75. The predicted molar refractivity (Wildman–Crippen MR) is 75.1 cm³/mol. The number of fused-ring (bicyclic) bond motifs is 1. The van der Waals surface area contributed by atoms with Crippen LogP contribution in [0.25, 0.3) is 10.2 Å². The number of methoxy groups -OCH3 is 1. The van der Waals surface area contributed by atoms with Crippen molar-refractivity contribution in [3.63, 3.8) is 0 Å². The van der Waals surface area contributed by atoms with Crippen LogP contribution in [0.2, 0.25) is 0 Å². The van der Waals surface area contributed by atoms with Gasteiger partial charge in [0.1, 0.15) is 0 Å². The average Bonchev–Trinajstić information content (AvgIpc) is 2.76. The first-order chi connectivity index (χ1) is 8.40. The molecular formula is C12H16N2OS2. The molecule has 1 aromatic heterocycles. The van der Waals surface area contributed by atoms with E-state index in [0.717, 1.165) is 35.3 Å². The zero-order chi connectivity index (χ0) is 11.9. The summed E-state index contributed by atoms with van der Waals surface area (Å²) in [4.78, 5) is 4.58. The van der Waals surface area contributed by atoms with Crippen molar-refractivity contribution in [2.45, 2.75) is 4.34 Å². The van der Waals surface area contributed by atoms with Crippen LogP contribution in [0, 0.1) is 0 Å². The van der Waals surface area contributed by atoms with Crippen molar-refractivity contribution < 1.29 is 4.74 Å². The fourth-order valence-corrected chi connectivity index (χ4v) is 3.46. The highest BCUT2D eigenvalue weighted by molar-refractivity contribution is 8.01. The normalized spacial score (nSPS) is 11.1. The first-order valence-electron chi connectivity index (χ1n) is 5.58. The minimum absolute atomic E-state index is 0.770. The summed E-state index contributed by atoms with van der Waals surface area (Å²) in [5.74, 6) is 1.05. The summed E-state index contributed by atoms with van der Waals surface area (Å²) in [5, 5.41) is 3.32. The summed E-state index contributed by atoms with van der Waals surface area (Å²) < 4.78 is 7.39. The maximum atomic E-state index is 4.97. The molecular weight excluding hydrogens is 252 g/mol. The second-order valence-corrected chi connectivity index (χ2v) is 5.91. The number of hydrogen-bond donors (Lipinski definition) is 1. The number of nitrogens with one attached hydrogen (secondary N) is 1. The smallest absolute Gasteiger partial charge is 0.151 e. The lowest BCUT2D eigenvalue weighted by atomic mass is 10.3. The molecule has 5 heteroatoms. The molecule has 1 heterocycles. The van der Waals surface area contributed by atoms with Gasteiger partial charge < -0.3 is 10.1 Å². The van der Waals surface area contributed by atoms with Crippen molar-refractivity contribution in [3.05, 3.63) is 24.3 Å². The molecule has 0 atom stereocenters. The second-order valence-electron chi connectivity index (χ2n) is 3.54. The van der Waals surface area contributed by atoms with Crippen LogP contribution in [-0.2, 0) is 4.74 Å². The Morgan fingerprint density at radius 2 is 2.24 bits per heavy atom. The summed E-state index contributed by atoms with van der Waals surface area (Å²) in [6.45, 7) is 2.67. The number of para-hydroxylation sites is 1. The minimum atomic E-state index is 0.770. The van der Waals surface area contributed by atoms with Crippen molar-refractivity contribution >= 4 is 33.3 Å². The molecule has 0 aliphatic heterocycles. The van der Waals surface area contributed by atoms with Gasteiger partial charge in [-0.1, -0.05) is 23.9 Å². The molecule has 0 saturated heterocycles. The SMILES string of the molecule is COCCNCCSc1nc2ccccc2s1. The third kappa shape index (κ3) is 3.96. The Morgan fingerprint density at radius 3 is 3.06 bits per heavy atom. The number of aromatic nitrogens is 1. The van der Waals surface area contributed by atoms with Crippen LogP contribution in [-0.4, -0.2) is 37.5 Å². The largest absolute Gasteiger partial charge is 0.383 e. The molecule has 1 N–H and O–H groups in total. The molecule has 2 aromatic rings. The average molecular weight is 268 g/mol. The van der Waals surface area contributed by atoms with Crippen molar-refractivity contribution in [1.82, 2.24) is 10.3 Å². The van der Waals surface area contributed by atoms with Crippen molar-refractivity contribution in [1.29, 1.82) is 0 Å². The fraction of sp³-hybridized carbons (Fsp3) is 0.417. The monoisotopic (exact) mass is 268 g/mol. The van der Waals surface area contributed by atoms with E-state index in [1.54, 1.807) is 18.4 Å². The summed E-state index contributed by atoms with van der Waals surface area (Å²) in [6.07, 6.45) is 0. The lowest BCUT2D eigenvalue weighted by molar-refractivity contribution is 0.200.